The number of nitrogens with zero attached hydrogens (tertiary/aromatic N) is 2. The minimum Gasteiger partial charge on any atom is -0.311 e. The standard InChI is InChI=1S/C68H77BN2/c1-42-20-28-55-58(34-42)71(57-29-25-48(64(6,7)8)38-50(57)46-19-17-18-45(37-46)44-21-23-47(24-22-44)63(3,4)5)61-36-43(2)35-60-62(61)69(55)56-40-53-54(68(15,16)33-32-67(53,13)14)41-59(56)70(60)49-26-27-51-52(39-49)66(11,12)31-30-65(51,9)10/h17-29,34-41H,30-33H2,1-16H3. The van der Waals surface area contributed by atoms with E-state index in [1.54, 1.807) is 0 Å². The second-order valence-corrected chi connectivity index (χ2v) is 27.0. The molecule has 0 fully saturated rings. The lowest BCUT2D eigenvalue weighted by atomic mass is 9.33. The van der Waals surface area contributed by atoms with Gasteiger partial charge >= 0.3 is 0 Å². The van der Waals surface area contributed by atoms with Gasteiger partial charge in [0.25, 0.3) is 6.71 Å². The summed E-state index contributed by atoms with van der Waals surface area (Å²) in [4.78, 5) is 5.35. The Bertz CT molecular complexity index is 3310. The first kappa shape index (κ1) is 47.5. The summed E-state index contributed by atoms with van der Waals surface area (Å²) >= 11 is 0. The molecular weight excluding hydrogens is 856 g/mol. The van der Waals surface area contributed by atoms with E-state index in [2.05, 4.69) is 248 Å². The molecule has 0 unspecified atom stereocenters. The number of aryl methyl sites for hydroxylation is 2. The summed E-state index contributed by atoms with van der Waals surface area (Å²) in [5.41, 5.74) is 28.4. The summed E-state index contributed by atoms with van der Waals surface area (Å²) in [6.45, 7) is 38.3. The summed E-state index contributed by atoms with van der Waals surface area (Å²) in [5, 5.41) is 0. The summed E-state index contributed by atoms with van der Waals surface area (Å²) < 4.78 is 0. The largest absolute Gasteiger partial charge is 0.311 e. The fourth-order valence-electron chi connectivity index (χ4n) is 13.0. The molecule has 2 aliphatic heterocycles. The maximum absolute atomic E-state index is 2.70. The van der Waals surface area contributed by atoms with Crippen LogP contribution >= 0.6 is 0 Å². The van der Waals surface area contributed by atoms with Crippen molar-refractivity contribution in [2.24, 2.45) is 0 Å². The zero-order valence-electron chi connectivity index (χ0n) is 45.9. The van der Waals surface area contributed by atoms with Gasteiger partial charge in [-0.3, -0.25) is 0 Å². The van der Waals surface area contributed by atoms with E-state index < -0.39 is 0 Å². The maximum Gasteiger partial charge on any atom is 0.252 e. The number of hydrogen-bond acceptors (Lipinski definition) is 2. The van der Waals surface area contributed by atoms with Gasteiger partial charge in [0.2, 0.25) is 0 Å². The molecule has 7 aromatic rings. The Hall–Kier alpha value is -5.80. The minimum atomic E-state index is -0.0397. The van der Waals surface area contributed by atoms with Gasteiger partial charge in [0.05, 0.1) is 5.69 Å². The SMILES string of the molecule is Cc1ccc2c(c1)N(c1ccc(C(C)(C)C)cc1-c1cccc(-c3ccc(C(C)(C)C)cc3)c1)c1cc(C)cc3c1B2c1cc2c(cc1N3c1ccc3c(c1)C(C)(C)CCC3(C)C)C(C)(C)CCC2(C)C. The van der Waals surface area contributed by atoms with E-state index >= 15 is 0 Å². The molecule has 71 heavy (non-hydrogen) atoms. The van der Waals surface area contributed by atoms with Crippen molar-refractivity contribution in [3.63, 3.8) is 0 Å². The van der Waals surface area contributed by atoms with Gasteiger partial charge in [0, 0.05) is 34.0 Å². The van der Waals surface area contributed by atoms with Gasteiger partial charge in [-0.1, -0.05) is 170 Å². The van der Waals surface area contributed by atoms with E-state index in [1.165, 1.54) is 143 Å². The third kappa shape index (κ3) is 7.74. The van der Waals surface area contributed by atoms with E-state index in [-0.39, 0.29) is 39.2 Å². The normalized spacial score (nSPS) is 18.0. The highest BCUT2D eigenvalue weighted by Gasteiger charge is 2.47. The van der Waals surface area contributed by atoms with Crippen LogP contribution in [0.1, 0.15) is 167 Å². The van der Waals surface area contributed by atoms with Crippen LogP contribution in [0.4, 0.5) is 34.1 Å². The number of fused-ring (bicyclic) bond motifs is 6. The van der Waals surface area contributed by atoms with Crippen molar-refractivity contribution < 1.29 is 0 Å². The van der Waals surface area contributed by atoms with E-state index in [0.29, 0.717) is 0 Å². The Morgan fingerprint density at radius 3 is 1.56 bits per heavy atom. The lowest BCUT2D eigenvalue weighted by Gasteiger charge is -2.48. The van der Waals surface area contributed by atoms with Crippen LogP contribution in [0.5, 0.6) is 0 Å². The molecule has 11 rings (SSSR count). The predicted octanol–water partition coefficient (Wildman–Crippen LogP) is 17.0. The van der Waals surface area contributed by atoms with Crippen LogP contribution in [0.2, 0.25) is 0 Å². The molecule has 0 N–H and O–H groups in total. The lowest BCUT2D eigenvalue weighted by Crippen LogP contribution is -2.62. The third-order valence-corrected chi connectivity index (χ3v) is 17.8. The van der Waals surface area contributed by atoms with Crippen LogP contribution in [-0.4, -0.2) is 6.71 Å². The smallest absolute Gasteiger partial charge is 0.252 e. The average Bonchev–Trinajstić information content (AvgIpc) is 3.31. The van der Waals surface area contributed by atoms with Gasteiger partial charge in [-0.2, -0.15) is 0 Å². The Labute approximate surface area is 428 Å². The van der Waals surface area contributed by atoms with Crippen LogP contribution in [-0.2, 0) is 32.5 Å². The number of rotatable bonds is 4. The molecule has 0 atom stereocenters. The molecule has 0 aromatic heterocycles. The van der Waals surface area contributed by atoms with E-state index in [9.17, 15) is 0 Å². The summed E-state index contributed by atoms with van der Waals surface area (Å²) in [5.74, 6) is 0. The highest BCUT2D eigenvalue weighted by atomic mass is 15.2. The molecule has 0 bridgehead atoms. The Morgan fingerprint density at radius 2 is 0.930 bits per heavy atom. The molecule has 7 aromatic carbocycles. The lowest BCUT2D eigenvalue weighted by molar-refractivity contribution is 0.332. The van der Waals surface area contributed by atoms with Crippen molar-refractivity contribution in [1.82, 2.24) is 0 Å². The fraction of sp³-hybridized carbons (Fsp3) is 0.382. The van der Waals surface area contributed by atoms with Crippen molar-refractivity contribution in [3.05, 3.63) is 172 Å². The molecule has 3 heteroatoms. The van der Waals surface area contributed by atoms with Gasteiger partial charge in [0.15, 0.2) is 0 Å². The topological polar surface area (TPSA) is 6.48 Å². The first-order valence-corrected chi connectivity index (χ1v) is 26.8. The van der Waals surface area contributed by atoms with Gasteiger partial charge in [-0.15, -0.1) is 0 Å². The number of hydrogen-bond donors (Lipinski definition) is 0. The average molecular weight is 933 g/mol. The monoisotopic (exact) mass is 933 g/mol. The molecular formula is C68H77BN2. The zero-order chi connectivity index (χ0) is 50.5. The summed E-state index contributed by atoms with van der Waals surface area (Å²) in [6.07, 6.45) is 4.74. The molecule has 2 nitrogen and oxygen atoms in total. The van der Waals surface area contributed by atoms with Gasteiger partial charge < -0.3 is 9.80 Å². The molecule has 362 valence electrons. The van der Waals surface area contributed by atoms with E-state index in [1.807, 2.05) is 0 Å². The van der Waals surface area contributed by atoms with Crippen molar-refractivity contribution in [2.45, 2.75) is 169 Å². The maximum atomic E-state index is 2.70. The van der Waals surface area contributed by atoms with Crippen LogP contribution < -0.4 is 26.2 Å². The van der Waals surface area contributed by atoms with Crippen molar-refractivity contribution in [1.29, 1.82) is 0 Å². The molecule has 2 heterocycles. The highest BCUT2D eigenvalue weighted by molar-refractivity contribution is 7.00. The fourth-order valence-corrected chi connectivity index (χ4v) is 13.0. The summed E-state index contributed by atoms with van der Waals surface area (Å²) in [6, 6.07) is 51.0. The molecule has 2 aliphatic carbocycles. The molecule has 0 spiro atoms. The molecule has 4 aliphatic rings. The second kappa shape index (κ2) is 15.9. The number of anilines is 6. The third-order valence-electron chi connectivity index (χ3n) is 17.8. The molecule has 0 saturated heterocycles. The van der Waals surface area contributed by atoms with Crippen LogP contribution in [0.15, 0.2) is 127 Å². The minimum absolute atomic E-state index is 0.0397. The second-order valence-electron chi connectivity index (χ2n) is 27.0. The van der Waals surface area contributed by atoms with Gasteiger partial charge in [0.1, 0.15) is 0 Å². The Kier molecular flexibility index (Phi) is 10.6. The number of benzene rings is 7. The molecule has 0 saturated carbocycles. The summed E-state index contributed by atoms with van der Waals surface area (Å²) in [7, 11) is 0. The zero-order valence-corrected chi connectivity index (χ0v) is 45.9. The van der Waals surface area contributed by atoms with Crippen LogP contribution in [0.25, 0.3) is 22.3 Å². The quantitative estimate of drug-likeness (QED) is 0.162. The highest BCUT2D eigenvalue weighted by Crippen LogP contribution is 2.53. The van der Waals surface area contributed by atoms with Gasteiger partial charge in [-0.25, -0.2) is 0 Å². The first-order valence-electron chi connectivity index (χ1n) is 26.8. The van der Waals surface area contributed by atoms with E-state index in [4.69, 9.17) is 0 Å². The first-order chi connectivity index (χ1) is 33.2. The van der Waals surface area contributed by atoms with Crippen LogP contribution in [0, 0.1) is 13.8 Å². The van der Waals surface area contributed by atoms with Crippen molar-refractivity contribution in [3.8, 4) is 22.3 Å². The Balaban J connectivity index is 1.20. The molecule has 0 radical (unpaired) electrons. The van der Waals surface area contributed by atoms with E-state index in [0.717, 1.165) is 0 Å². The van der Waals surface area contributed by atoms with Crippen molar-refractivity contribution >= 4 is 57.2 Å². The van der Waals surface area contributed by atoms with Crippen molar-refractivity contribution in [2.75, 3.05) is 9.80 Å². The van der Waals surface area contributed by atoms with Crippen LogP contribution in [0.3, 0.4) is 0 Å². The Morgan fingerprint density at radius 1 is 0.394 bits per heavy atom. The molecule has 0 amide bonds. The van der Waals surface area contributed by atoms with Gasteiger partial charge in [-0.05, 0) is 204 Å². The predicted molar refractivity (Wildman–Crippen MR) is 309 cm³/mol.